The van der Waals surface area contributed by atoms with Crippen molar-refractivity contribution < 1.29 is 9.53 Å². The van der Waals surface area contributed by atoms with Crippen molar-refractivity contribution in [2.24, 2.45) is 0 Å². The maximum absolute atomic E-state index is 12.5. The van der Waals surface area contributed by atoms with Crippen molar-refractivity contribution in [2.45, 2.75) is 57.7 Å². The summed E-state index contributed by atoms with van der Waals surface area (Å²) in [6.45, 7) is 6.37. The fourth-order valence-electron chi connectivity index (χ4n) is 2.93. The molecule has 1 atom stereocenters. The van der Waals surface area contributed by atoms with Gasteiger partial charge in [0.2, 0.25) is 0 Å². The lowest BCUT2D eigenvalue weighted by Crippen LogP contribution is -2.54. The van der Waals surface area contributed by atoms with Crippen LogP contribution in [0.3, 0.4) is 0 Å². The number of rotatable bonds is 3. The molecule has 1 aliphatic heterocycles. The number of amides is 1. The van der Waals surface area contributed by atoms with E-state index in [1.54, 1.807) is 0 Å². The van der Waals surface area contributed by atoms with Gasteiger partial charge in [0.25, 0.3) is 5.91 Å². The molecule has 0 radical (unpaired) electrons. The molecule has 0 bridgehead atoms. The Morgan fingerprint density at radius 2 is 2.06 bits per heavy atom. The summed E-state index contributed by atoms with van der Waals surface area (Å²) >= 11 is 0. The van der Waals surface area contributed by atoms with Gasteiger partial charge in [-0.15, -0.1) is 0 Å². The van der Waals surface area contributed by atoms with Crippen molar-refractivity contribution >= 4 is 5.91 Å². The Balaban J connectivity index is 2.01. The van der Waals surface area contributed by atoms with Gasteiger partial charge in [0.05, 0.1) is 6.61 Å². The molecule has 98 valence electrons. The summed E-state index contributed by atoms with van der Waals surface area (Å²) in [5.74, 6) is 0.180. The van der Waals surface area contributed by atoms with Crippen molar-refractivity contribution in [1.82, 2.24) is 10.2 Å². The summed E-state index contributed by atoms with van der Waals surface area (Å²) in [5.41, 5.74) is 0. The number of hydrogen-bond acceptors (Lipinski definition) is 3. The van der Waals surface area contributed by atoms with Gasteiger partial charge in [0, 0.05) is 25.2 Å². The van der Waals surface area contributed by atoms with Gasteiger partial charge >= 0.3 is 0 Å². The third kappa shape index (κ3) is 2.99. The minimum Gasteiger partial charge on any atom is -0.366 e. The molecule has 4 nitrogen and oxygen atoms in total. The second-order valence-corrected chi connectivity index (χ2v) is 5.34. The van der Waals surface area contributed by atoms with E-state index in [9.17, 15) is 4.79 Å². The number of nitrogens with zero attached hydrogens (tertiary/aromatic N) is 1. The van der Waals surface area contributed by atoms with Gasteiger partial charge in [-0.25, -0.2) is 0 Å². The monoisotopic (exact) mass is 240 g/mol. The van der Waals surface area contributed by atoms with Crippen LogP contribution in [0.15, 0.2) is 0 Å². The summed E-state index contributed by atoms with van der Waals surface area (Å²) in [4.78, 5) is 14.5. The van der Waals surface area contributed by atoms with E-state index in [4.69, 9.17) is 4.74 Å². The molecule has 1 heterocycles. The number of nitrogens with one attached hydrogen (secondary N) is 1. The SMILES string of the molecule is CC(C)N(C(=O)C1CNCCO1)C1CCCC1. The van der Waals surface area contributed by atoms with E-state index in [1.165, 1.54) is 12.8 Å². The highest BCUT2D eigenvalue weighted by Gasteiger charge is 2.34. The van der Waals surface area contributed by atoms with Crippen LogP contribution in [-0.2, 0) is 9.53 Å². The van der Waals surface area contributed by atoms with Crippen LogP contribution in [0.5, 0.6) is 0 Å². The topological polar surface area (TPSA) is 41.6 Å². The summed E-state index contributed by atoms with van der Waals surface area (Å²) in [7, 11) is 0. The van der Waals surface area contributed by atoms with Crippen molar-refractivity contribution in [3.8, 4) is 0 Å². The largest absolute Gasteiger partial charge is 0.366 e. The van der Waals surface area contributed by atoms with Crippen LogP contribution in [0.4, 0.5) is 0 Å². The Kier molecular flexibility index (Phi) is 4.40. The molecule has 0 aromatic carbocycles. The van der Waals surface area contributed by atoms with E-state index in [-0.39, 0.29) is 18.1 Å². The highest BCUT2D eigenvalue weighted by molar-refractivity contribution is 5.82. The molecule has 0 aromatic heterocycles. The lowest BCUT2D eigenvalue weighted by molar-refractivity contribution is -0.149. The van der Waals surface area contributed by atoms with Gasteiger partial charge in [-0.2, -0.15) is 0 Å². The second-order valence-electron chi connectivity index (χ2n) is 5.34. The molecule has 1 unspecified atom stereocenters. The van der Waals surface area contributed by atoms with Gasteiger partial charge < -0.3 is 15.0 Å². The van der Waals surface area contributed by atoms with Crippen LogP contribution in [0, 0.1) is 0 Å². The van der Waals surface area contributed by atoms with Crippen molar-refractivity contribution in [3.05, 3.63) is 0 Å². The molecule has 1 aliphatic carbocycles. The third-order valence-corrected chi connectivity index (χ3v) is 3.73. The Morgan fingerprint density at radius 1 is 1.35 bits per heavy atom. The Bertz CT molecular complexity index is 256. The van der Waals surface area contributed by atoms with Crippen molar-refractivity contribution in [1.29, 1.82) is 0 Å². The predicted octanol–water partition coefficient (Wildman–Crippen LogP) is 1.15. The van der Waals surface area contributed by atoms with E-state index in [1.807, 2.05) is 0 Å². The number of morpholine rings is 1. The van der Waals surface area contributed by atoms with Crippen LogP contribution < -0.4 is 5.32 Å². The minimum atomic E-state index is -0.272. The molecular weight excluding hydrogens is 216 g/mol. The average Bonchev–Trinajstić information content (AvgIpc) is 2.83. The fraction of sp³-hybridized carbons (Fsp3) is 0.923. The average molecular weight is 240 g/mol. The molecule has 1 saturated carbocycles. The molecular formula is C13H24N2O2. The quantitative estimate of drug-likeness (QED) is 0.804. The lowest BCUT2D eigenvalue weighted by atomic mass is 10.1. The van der Waals surface area contributed by atoms with E-state index < -0.39 is 0 Å². The summed E-state index contributed by atoms with van der Waals surface area (Å²) in [5, 5.41) is 3.23. The smallest absolute Gasteiger partial charge is 0.253 e. The van der Waals surface area contributed by atoms with E-state index in [0.29, 0.717) is 19.2 Å². The zero-order valence-electron chi connectivity index (χ0n) is 10.9. The fourth-order valence-corrected chi connectivity index (χ4v) is 2.93. The Morgan fingerprint density at radius 3 is 2.59 bits per heavy atom. The summed E-state index contributed by atoms with van der Waals surface area (Å²) < 4.78 is 5.58. The molecule has 2 fully saturated rings. The van der Waals surface area contributed by atoms with Gasteiger partial charge in [-0.05, 0) is 26.7 Å². The highest BCUT2D eigenvalue weighted by atomic mass is 16.5. The van der Waals surface area contributed by atoms with E-state index in [0.717, 1.165) is 19.4 Å². The summed E-state index contributed by atoms with van der Waals surface area (Å²) in [6, 6.07) is 0.712. The Hall–Kier alpha value is -0.610. The van der Waals surface area contributed by atoms with Crippen LogP contribution in [0.2, 0.25) is 0 Å². The highest BCUT2D eigenvalue weighted by Crippen LogP contribution is 2.26. The van der Waals surface area contributed by atoms with E-state index >= 15 is 0 Å². The third-order valence-electron chi connectivity index (χ3n) is 3.73. The van der Waals surface area contributed by atoms with E-state index in [2.05, 4.69) is 24.1 Å². The molecule has 1 N–H and O–H groups in total. The van der Waals surface area contributed by atoms with Crippen LogP contribution in [0.1, 0.15) is 39.5 Å². The van der Waals surface area contributed by atoms with Gasteiger partial charge in [-0.3, -0.25) is 4.79 Å². The molecule has 17 heavy (non-hydrogen) atoms. The first-order valence-corrected chi connectivity index (χ1v) is 6.84. The molecule has 1 amide bonds. The molecule has 0 spiro atoms. The zero-order chi connectivity index (χ0) is 12.3. The molecule has 4 heteroatoms. The van der Waals surface area contributed by atoms with Crippen molar-refractivity contribution in [2.75, 3.05) is 19.7 Å². The zero-order valence-corrected chi connectivity index (χ0v) is 10.9. The normalized spacial score (nSPS) is 26.4. The molecule has 0 aromatic rings. The van der Waals surface area contributed by atoms with Crippen LogP contribution in [-0.4, -0.2) is 48.7 Å². The maximum atomic E-state index is 12.5. The second kappa shape index (κ2) is 5.83. The first kappa shape index (κ1) is 12.8. The number of hydrogen-bond donors (Lipinski definition) is 1. The van der Waals surface area contributed by atoms with Crippen molar-refractivity contribution in [3.63, 3.8) is 0 Å². The van der Waals surface area contributed by atoms with Crippen LogP contribution >= 0.6 is 0 Å². The number of ether oxygens (including phenoxy) is 1. The maximum Gasteiger partial charge on any atom is 0.253 e. The first-order chi connectivity index (χ1) is 8.20. The molecule has 2 rings (SSSR count). The standard InChI is InChI=1S/C13H24N2O2/c1-10(2)15(11-5-3-4-6-11)13(16)12-9-14-7-8-17-12/h10-12,14H,3-9H2,1-2H3. The predicted molar refractivity (Wildman–Crippen MR) is 66.8 cm³/mol. The first-order valence-electron chi connectivity index (χ1n) is 6.84. The van der Waals surface area contributed by atoms with Gasteiger partial charge in [0.15, 0.2) is 0 Å². The van der Waals surface area contributed by atoms with Gasteiger partial charge in [0.1, 0.15) is 6.10 Å². The Labute approximate surface area is 104 Å². The minimum absolute atomic E-state index is 0.180. The number of carbonyl (C=O) groups is 1. The van der Waals surface area contributed by atoms with Gasteiger partial charge in [-0.1, -0.05) is 12.8 Å². The number of carbonyl (C=O) groups excluding carboxylic acids is 1. The summed E-state index contributed by atoms with van der Waals surface area (Å²) in [6.07, 6.45) is 4.55. The lowest BCUT2D eigenvalue weighted by Gasteiger charge is -2.36. The van der Waals surface area contributed by atoms with Crippen LogP contribution in [0.25, 0.3) is 0 Å². The molecule has 2 aliphatic rings. The molecule has 1 saturated heterocycles.